The number of methoxy groups -OCH3 is 1. The molecule has 1 N–H and O–H groups in total. The fourth-order valence-corrected chi connectivity index (χ4v) is 1.53. The molecule has 0 rings (SSSR count). The first kappa shape index (κ1) is 16.4. The van der Waals surface area contributed by atoms with Crippen molar-refractivity contribution < 1.29 is 14.3 Å². The fraction of sp³-hybridized carbons (Fsp3) is 0.923. The van der Waals surface area contributed by atoms with Crippen LogP contribution in [0, 0.1) is 5.92 Å². The van der Waals surface area contributed by atoms with Crippen molar-refractivity contribution in [3.8, 4) is 0 Å². The SMILES string of the molecule is CCCCOCCNC(CC(C)C)C(=O)OC. The van der Waals surface area contributed by atoms with Crippen molar-refractivity contribution in [2.45, 2.75) is 46.1 Å². The van der Waals surface area contributed by atoms with Gasteiger partial charge in [0.05, 0.1) is 13.7 Å². The quantitative estimate of drug-likeness (QED) is 0.472. The van der Waals surface area contributed by atoms with E-state index in [0.717, 1.165) is 25.9 Å². The lowest BCUT2D eigenvalue weighted by Gasteiger charge is -2.18. The van der Waals surface area contributed by atoms with Gasteiger partial charge in [0.2, 0.25) is 0 Å². The van der Waals surface area contributed by atoms with Crippen LogP contribution in [0.1, 0.15) is 40.0 Å². The fourth-order valence-electron chi connectivity index (χ4n) is 1.53. The number of esters is 1. The molecule has 0 aromatic heterocycles. The molecule has 0 fully saturated rings. The van der Waals surface area contributed by atoms with Crippen LogP contribution in [-0.4, -0.2) is 38.9 Å². The van der Waals surface area contributed by atoms with Crippen molar-refractivity contribution in [2.24, 2.45) is 5.92 Å². The second-order valence-electron chi connectivity index (χ2n) is 4.63. The Bertz CT molecular complexity index is 195. The number of carbonyl (C=O) groups is 1. The normalized spacial score (nSPS) is 12.8. The van der Waals surface area contributed by atoms with Crippen LogP contribution in [0.3, 0.4) is 0 Å². The van der Waals surface area contributed by atoms with Crippen LogP contribution in [0.15, 0.2) is 0 Å². The third-order valence-corrected chi connectivity index (χ3v) is 2.47. The van der Waals surface area contributed by atoms with Crippen LogP contribution >= 0.6 is 0 Å². The molecule has 102 valence electrons. The van der Waals surface area contributed by atoms with Crippen molar-refractivity contribution in [1.82, 2.24) is 5.32 Å². The van der Waals surface area contributed by atoms with Crippen LogP contribution in [0.5, 0.6) is 0 Å². The maximum atomic E-state index is 11.5. The number of hydrogen-bond donors (Lipinski definition) is 1. The van der Waals surface area contributed by atoms with Gasteiger partial charge in [-0.3, -0.25) is 4.79 Å². The Balaban J connectivity index is 3.72. The predicted molar refractivity (Wildman–Crippen MR) is 69.0 cm³/mol. The average molecular weight is 245 g/mol. The van der Waals surface area contributed by atoms with Gasteiger partial charge >= 0.3 is 5.97 Å². The van der Waals surface area contributed by atoms with Crippen LogP contribution in [0.25, 0.3) is 0 Å². The zero-order chi connectivity index (χ0) is 13.1. The van der Waals surface area contributed by atoms with E-state index in [1.54, 1.807) is 0 Å². The van der Waals surface area contributed by atoms with E-state index in [-0.39, 0.29) is 12.0 Å². The monoisotopic (exact) mass is 245 g/mol. The summed E-state index contributed by atoms with van der Waals surface area (Å²) >= 11 is 0. The molecule has 0 heterocycles. The Hall–Kier alpha value is -0.610. The molecule has 0 aromatic rings. The Kier molecular flexibility index (Phi) is 10.2. The minimum atomic E-state index is -0.213. The minimum Gasteiger partial charge on any atom is -0.468 e. The number of ether oxygens (including phenoxy) is 2. The summed E-state index contributed by atoms with van der Waals surface area (Å²) in [6.07, 6.45) is 3.03. The largest absolute Gasteiger partial charge is 0.468 e. The standard InChI is InChI=1S/C13H27NO3/c1-5-6-8-17-9-7-14-12(10-11(2)3)13(15)16-4/h11-12,14H,5-10H2,1-4H3. The zero-order valence-electron chi connectivity index (χ0n) is 11.6. The molecule has 4 nitrogen and oxygen atoms in total. The summed E-state index contributed by atoms with van der Waals surface area (Å²) in [5.74, 6) is 0.278. The Morgan fingerprint density at radius 1 is 1.29 bits per heavy atom. The van der Waals surface area contributed by atoms with Crippen molar-refractivity contribution in [3.05, 3.63) is 0 Å². The maximum absolute atomic E-state index is 11.5. The highest BCUT2D eigenvalue weighted by atomic mass is 16.5. The van der Waals surface area contributed by atoms with E-state index in [2.05, 4.69) is 26.1 Å². The highest BCUT2D eigenvalue weighted by Crippen LogP contribution is 2.05. The average Bonchev–Trinajstić information content (AvgIpc) is 2.30. The minimum absolute atomic E-state index is 0.188. The summed E-state index contributed by atoms with van der Waals surface area (Å²) in [4.78, 5) is 11.5. The topological polar surface area (TPSA) is 47.6 Å². The van der Waals surface area contributed by atoms with Crippen LogP contribution < -0.4 is 5.32 Å². The molecule has 0 saturated carbocycles. The first-order chi connectivity index (χ1) is 8.11. The Morgan fingerprint density at radius 3 is 2.53 bits per heavy atom. The van der Waals surface area contributed by atoms with Crippen molar-refractivity contribution in [1.29, 1.82) is 0 Å². The van der Waals surface area contributed by atoms with E-state index >= 15 is 0 Å². The van der Waals surface area contributed by atoms with Gasteiger partial charge in [-0.05, 0) is 18.8 Å². The summed E-state index contributed by atoms with van der Waals surface area (Å²) in [6, 6.07) is -0.213. The van der Waals surface area contributed by atoms with Gasteiger partial charge < -0.3 is 14.8 Å². The molecular weight excluding hydrogens is 218 g/mol. The van der Waals surface area contributed by atoms with E-state index in [1.165, 1.54) is 7.11 Å². The van der Waals surface area contributed by atoms with Gasteiger partial charge in [0.15, 0.2) is 0 Å². The summed E-state index contributed by atoms with van der Waals surface area (Å²) in [7, 11) is 1.43. The Morgan fingerprint density at radius 2 is 2.00 bits per heavy atom. The number of hydrogen-bond acceptors (Lipinski definition) is 4. The zero-order valence-corrected chi connectivity index (χ0v) is 11.6. The Labute approximate surface area is 105 Å². The number of carbonyl (C=O) groups excluding carboxylic acids is 1. The third-order valence-electron chi connectivity index (χ3n) is 2.47. The summed E-state index contributed by atoms with van der Waals surface area (Å²) < 4.78 is 10.2. The number of unbranched alkanes of at least 4 members (excludes halogenated alkanes) is 1. The lowest BCUT2D eigenvalue weighted by Crippen LogP contribution is -2.40. The summed E-state index contributed by atoms with van der Waals surface area (Å²) in [5, 5.41) is 3.18. The van der Waals surface area contributed by atoms with Gasteiger partial charge in [0.1, 0.15) is 6.04 Å². The summed E-state index contributed by atoms with van der Waals surface area (Å²) in [6.45, 7) is 8.45. The van der Waals surface area contributed by atoms with Gasteiger partial charge in [0, 0.05) is 13.2 Å². The van der Waals surface area contributed by atoms with Crippen LogP contribution in [-0.2, 0) is 14.3 Å². The molecule has 0 aliphatic heterocycles. The van der Waals surface area contributed by atoms with Crippen LogP contribution in [0.2, 0.25) is 0 Å². The lowest BCUT2D eigenvalue weighted by atomic mass is 10.0. The van der Waals surface area contributed by atoms with Gasteiger partial charge in [-0.1, -0.05) is 27.2 Å². The highest BCUT2D eigenvalue weighted by molar-refractivity contribution is 5.75. The van der Waals surface area contributed by atoms with Crippen LogP contribution in [0.4, 0.5) is 0 Å². The van der Waals surface area contributed by atoms with Gasteiger partial charge in [-0.2, -0.15) is 0 Å². The molecule has 0 spiro atoms. The van der Waals surface area contributed by atoms with E-state index in [4.69, 9.17) is 9.47 Å². The summed E-state index contributed by atoms with van der Waals surface area (Å²) in [5.41, 5.74) is 0. The molecule has 0 amide bonds. The van der Waals surface area contributed by atoms with Gasteiger partial charge in [-0.15, -0.1) is 0 Å². The van der Waals surface area contributed by atoms with E-state index < -0.39 is 0 Å². The van der Waals surface area contributed by atoms with E-state index in [0.29, 0.717) is 19.1 Å². The number of rotatable bonds is 10. The molecule has 17 heavy (non-hydrogen) atoms. The smallest absolute Gasteiger partial charge is 0.322 e. The molecule has 0 bridgehead atoms. The maximum Gasteiger partial charge on any atom is 0.322 e. The molecule has 0 aromatic carbocycles. The first-order valence-electron chi connectivity index (χ1n) is 6.50. The molecule has 1 unspecified atom stereocenters. The van der Waals surface area contributed by atoms with Gasteiger partial charge in [-0.25, -0.2) is 0 Å². The molecule has 1 atom stereocenters. The molecular formula is C13H27NO3. The molecule has 0 aliphatic rings. The number of nitrogens with one attached hydrogen (secondary N) is 1. The third kappa shape index (κ3) is 9.12. The van der Waals surface area contributed by atoms with E-state index in [9.17, 15) is 4.79 Å². The molecule has 0 saturated heterocycles. The molecule has 4 heteroatoms. The first-order valence-corrected chi connectivity index (χ1v) is 6.50. The van der Waals surface area contributed by atoms with Crippen molar-refractivity contribution in [2.75, 3.05) is 26.9 Å². The second kappa shape index (κ2) is 10.5. The highest BCUT2D eigenvalue weighted by Gasteiger charge is 2.19. The van der Waals surface area contributed by atoms with Crippen molar-refractivity contribution in [3.63, 3.8) is 0 Å². The van der Waals surface area contributed by atoms with Crippen molar-refractivity contribution >= 4 is 5.97 Å². The van der Waals surface area contributed by atoms with Gasteiger partial charge in [0.25, 0.3) is 0 Å². The second-order valence-corrected chi connectivity index (χ2v) is 4.63. The van der Waals surface area contributed by atoms with E-state index in [1.807, 2.05) is 0 Å². The molecule has 0 radical (unpaired) electrons. The molecule has 0 aliphatic carbocycles. The lowest BCUT2D eigenvalue weighted by molar-refractivity contribution is -0.143. The predicted octanol–water partition coefficient (Wildman–Crippen LogP) is 1.98.